The lowest BCUT2D eigenvalue weighted by atomic mass is 10.1. The summed E-state index contributed by atoms with van der Waals surface area (Å²) in [5.41, 5.74) is -2.23. The number of pyridine rings is 1. The fourth-order valence-electron chi connectivity index (χ4n) is 1.83. The van der Waals surface area contributed by atoms with Crippen molar-refractivity contribution in [1.29, 1.82) is 0 Å². The van der Waals surface area contributed by atoms with Crippen molar-refractivity contribution in [2.45, 2.75) is 29.9 Å². The number of rotatable bonds is 5. The van der Waals surface area contributed by atoms with E-state index in [1.807, 2.05) is 19.1 Å². The lowest BCUT2D eigenvalue weighted by molar-refractivity contribution is -0.0328. The maximum Gasteiger partial charge on any atom is 0.446 e. The molecule has 2 rings (SSSR count). The van der Waals surface area contributed by atoms with Crippen LogP contribution in [0.3, 0.4) is 0 Å². The summed E-state index contributed by atoms with van der Waals surface area (Å²) >= 11 is -0.0980. The Hall–Kier alpha value is -1.53. The van der Waals surface area contributed by atoms with Gasteiger partial charge in [0.2, 0.25) is 0 Å². The van der Waals surface area contributed by atoms with Crippen molar-refractivity contribution in [2.75, 3.05) is 0 Å². The van der Waals surface area contributed by atoms with Gasteiger partial charge in [-0.05, 0) is 48.0 Å². The lowest BCUT2D eigenvalue weighted by Gasteiger charge is -2.14. The van der Waals surface area contributed by atoms with Crippen molar-refractivity contribution in [3.8, 4) is 0 Å². The first-order valence-electron chi connectivity index (χ1n) is 6.42. The molecule has 2 nitrogen and oxygen atoms in total. The van der Waals surface area contributed by atoms with Crippen LogP contribution in [0.25, 0.3) is 0 Å². The summed E-state index contributed by atoms with van der Waals surface area (Å²) in [6.45, 7) is 2.61. The van der Waals surface area contributed by atoms with E-state index in [-0.39, 0.29) is 22.7 Å². The van der Waals surface area contributed by atoms with E-state index < -0.39 is 5.51 Å². The molecule has 0 spiro atoms. The lowest BCUT2D eigenvalue weighted by Crippen LogP contribution is -2.18. The molecule has 112 valence electrons. The second-order valence-electron chi connectivity index (χ2n) is 4.58. The van der Waals surface area contributed by atoms with Crippen molar-refractivity contribution in [3.05, 3.63) is 59.9 Å². The molecule has 0 fully saturated rings. The van der Waals surface area contributed by atoms with Crippen molar-refractivity contribution in [1.82, 2.24) is 10.3 Å². The molecule has 6 heteroatoms. The van der Waals surface area contributed by atoms with Crippen LogP contribution in [0.5, 0.6) is 0 Å². The maximum absolute atomic E-state index is 12.2. The van der Waals surface area contributed by atoms with E-state index in [0.717, 1.165) is 11.1 Å². The predicted molar refractivity (Wildman–Crippen MR) is 77.8 cm³/mol. The molecule has 0 amide bonds. The molecule has 21 heavy (non-hydrogen) atoms. The van der Waals surface area contributed by atoms with Gasteiger partial charge >= 0.3 is 5.51 Å². The van der Waals surface area contributed by atoms with Crippen molar-refractivity contribution >= 4 is 11.8 Å². The number of benzene rings is 1. The van der Waals surface area contributed by atoms with Gasteiger partial charge in [-0.25, -0.2) is 0 Å². The van der Waals surface area contributed by atoms with Gasteiger partial charge in [0.15, 0.2) is 0 Å². The number of nitrogens with zero attached hydrogens (tertiary/aromatic N) is 1. The highest BCUT2D eigenvalue weighted by atomic mass is 32.2. The van der Waals surface area contributed by atoms with Crippen LogP contribution in [0, 0.1) is 0 Å². The van der Waals surface area contributed by atoms with Gasteiger partial charge in [0, 0.05) is 29.9 Å². The van der Waals surface area contributed by atoms with Gasteiger partial charge in [0.25, 0.3) is 0 Å². The average Bonchev–Trinajstić information content (AvgIpc) is 2.45. The third-order valence-corrected chi connectivity index (χ3v) is 3.69. The van der Waals surface area contributed by atoms with Gasteiger partial charge < -0.3 is 5.32 Å². The molecule has 2 aromatic rings. The highest BCUT2D eigenvalue weighted by molar-refractivity contribution is 8.00. The normalized spacial score (nSPS) is 13.1. The summed E-state index contributed by atoms with van der Waals surface area (Å²) < 4.78 is 36.7. The Kier molecular flexibility index (Phi) is 5.25. The number of hydrogen-bond acceptors (Lipinski definition) is 3. The topological polar surface area (TPSA) is 24.9 Å². The minimum absolute atomic E-state index is 0.0980. The standard InChI is InChI=1S/C15H15F3N2S/c1-11(13-3-2-8-19-10-13)20-9-12-4-6-14(7-5-12)21-15(16,17)18/h2-8,10-11,20H,9H2,1H3. The Labute approximate surface area is 125 Å². The number of nitrogens with one attached hydrogen (secondary N) is 1. The van der Waals surface area contributed by atoms with Crippen molar-refractivity contribution in [3.63, 3.8) is 0 Å². The summed E-state index contributed by atoms with van der Waals surface area (Å²) in [6.07, 6.45) is 3.51. The molecule has 0 saturated carbocycles. The second kappa shape index (κ2) is 6.95. The van der Waals surface area contributed by atoms with Gasteiger partial charge in [-0.3, -0.25) is 4.98 Å². The molecule has 0 radical (unpaired) electrons. The van der Waals surface area contributed by atoms with E-state index in [0.29, 0.717) is 6.54 Å². The van der Waals surface area contributed by atoms with E-state index in [9.17, 15) is 13.2 Å². The molecular weight excluding hydrogens is 297 g/mol. The highest BCUT2D eigenvalue weighted by Crippen LogP contribution is 2.36. The minimum Gasteiger partial charge on any atom is -0.306 e. The molecule has 0 bridgehead atoms. The van der Waals surface area contributed by atoms with E-state index in [4.69, 9.17) is 0 Å². The zero-order valence-corrected chi connectivity index (χ0v) is 12.2. The first-order valence-corrected chi connectivity index (χ1v) is 7.24. The number of hydrogen-bond donors (Lipinski definition) is 1. The SMILES string of the molecule is CC(NCc1ccc(SC(F)(F)F)cc1)c1cccnc1. The number of aromatic nitrogens is 1. The van der Waals surface area contributed by atoms with Crippen molar-refractivity contribution < 1.29 is 13.2 Å². The highest BCUT2D eigenvalue weighted by Gasteiger charge is 2.28. The fourth-order valence-corrected chi connectivity index (χ4v) is 2.37. The summed E-state index contributed by atoms with van der Waals surface area (Å²) in [5, 5.41) is 3.31. The van der Waals surface area contributed by atoms with Crippen LogP contribution in [-0.2, 0) is 6.54 Å². The molecule has 1 aromatic carbocycles. The van der Waals surface area contributed by atoms with Gasteiger partial charge in [0.1, 0.15) is 0 Å². The van der Waals surface area contributed by atoms with E-state index in [1.54, 1.807) is 24.5 Å². The van der Waals surface area contributed by atoms with Crippen LogP contribution in [0.4, 0.5) is 13.2 Å². The van der Waals surface area contributed by atoms with E-state index in [2.05, 4.69) is 10.3 Å². The molecule has 1 N–H and O–H groups in total. The third-order valence-electron chi connectivity index (χ3n) is 2.95. The Balaban J connectivity index is 1.89. The van der Waals surface area contributed by atoms with Crippen LogP contribution in [0.15, 0.2) is 53.7 Å². The number of halogens is 3. The molecule has 1 aromatic heterocycles. The van der Waals surface area contributed by atoms with Crippen LogP contribution in [-0.4, -0.2) is 10.5 Å². The first kappa shape index (κ1) is 15.9. The van der Waals surface area contributed by atoms with E-state index >= 15 is 0 Å². The largest absolute Gasteiger partial charge is 0.446 e. The monoisotopic (exact) mass is 312 g/mol. The molecule has 0 aliphatic heterocycles. The van der Waals surface area contributed by atoms with Crippen LogP contribution in [0.2, 0.25) is 0 Å². The fraction of sp³-hybridized carbons (Fsp3) is 0.267. The predicted octanol–water partition coefficient (Wildman–Crippen LogP) is 4.54. The number of thioether (sulfide) groups is 1. The number of alkyl halides is 3. The van der Waals surface area contributed by atoms with Gasteiger partial charge in [0.05, 0.1) is 0 Å². The summed E-state index contributed by atoms with van der Waals surface area (Å²) in [5.74, 6) is 0. The second-order valence-corrected chi connectivity index (χ2v) is 5.72. The zero-order valence-electron chi connectivity index (χ0n) is 11.4. The zero-order chi connectivity index (χ0) is 15.3. The third kappa shape index (κ3) is 5.40. The Bertz CT molecular complexity index is 555. The van der Waals surface area contributed by atoms with Crippen LogP contribution in [0.1, 0.15) is 24.1 Å². The van der Waals surface area contributed by atoms with Gasteiger partial charge in [-0.1, -0.05) is 18.2 Å². The minimum atomic E-state index is -4.24. The van der Waals surface area contributed by atoms with Crippen molar-refractivity contribution in [2.24, 2.45) is 0 Å². The molecular formula is C15H15F3N2S. The van der Waals surface area contributed by atoms with Crippen LogP contribution < -0.4 is 5.32 Å². The average molecular weight is 312 g/mol. The van der Waals surface area contributed by atoms with E-state index in [1.165, 1.54) is 12.1 Å². The molecule has 0 aliphatic carbocycles. The summed E-state index contributed by atoms with van der Waals surface area (Å²) in [4.78, 5) is 4.26. The molecule has 0 saturated heterocycles. The molecule has 1 atom stereocenters. The van der Waals surface area contributed by atoms with Gasteiger partial charge in [-0.2, -0.15) is 13.2 Å². The molecule has 1 unspecified atom stereocenters. The summed E-state index contributed by atoms with van der Waals surface area (Å²) in [7, 11) is 0. The smallest absolute Gasteiger partial charge is 0.306 e. The first-order chi connectivity index (χ1) is 9.94. The summed E-state index contributed by atoms with van der Waals surface area (Å²) in [6, 6.07) is 10.4. The molecule has 1 heterocycles. The van der Waals surface area contributed by atoms with Crippen LogP contribution >= 0.6 is 11.8 Å². The van der Waals surface area contributed by atoms with Gasteiger partial charge in [-0.15, -0.1) is 0 Å². The Morgan fingerprint density at radius 2 is 1.90 bits per heavy atom. The quantitative estimate of drug-likeness (QED) is 0.820. The molecule has 0 aliphatic rings. The maximum atomic E-state index is 12.2. The Morgan fingerprint density at radius 3 is 2.48 bits per heavy atom. The Morgan fingerprint density at radius 1 is 1.19 bits per heavy atom.